The van der Waals surface area contributed by atoms with E-state index in [1.54, 1.807) is 0 Å². The summed E-state index contributed by atoms with van der Waals surface area (Å²) in [7, 11) is 2.15. The lowest BCUT2D eigenvalue weighted by molar-refractivity contribution is 0.428. The summed E-state index contributed by atoms with van der Waals surface area (Å²) in [4.78, 5) is 0. The third kappa shape index (κ3) is 1.83. The minimum atomic E-state index is 0.795. The molecule has 0 unspecified atom stereocenters. The average Bonchev–Trinajstić information content (AvgIpc) is 2.48. The zero-order valence-electron chi connectivity index (χ0n) is 8.09. The second-order valence-corrected chi connectivity index (χ2v) is 4.85. The molecular weight excluding hydrogens is 226 g/mol. The van der Waals surface area contributed by atoms with Gasteiger partial charge in [0, 0.05) is 29.3 Å². The fourth-order valence-corrected chi connectivity index (χ4v) is 3.09. The first-order valence-electron chi connectivity index (χ1n) is 5.10. The first-order valence-corrected chi connectivity index (χ1v) is 5.89. The zero-order valence-corrected chi connectivity index (χ0v) is 9.68. The standard InChI is InChI=1S/C11H16BrN/c1-13-8-7-10(12)11(13)9-5-3-2-4-6-9/h7-9H,2-6H2,1H3. The van der Waals surface area contributed by atoms with Gasteiger partial charge in [-0.05, 0) is 34.8 Å². The maximum absolute atomic E-state index is 3.63. The fourth-order valence-electron chi connectivity index (χ4n) is 2.37. The maximum Gasteiger partial charge on any atom is 0.0387 e. The van der Waals surface area contributed by atoms with Gasteiger partial charge in [-0.15, -0.1) is 0 Å². The smallest absolute Gasteiger partial charge is 0.0387 e. The normalized spacial score (nSPS) is 19.2. The molecular formula is C11H16BrN. The van der Waals surface area contributed by atoms with Crippen molar-refractivity contribution < 1.29 is 0 Å². The predicted octanol–water partition coefficient (Wildman–Crippen LogP) is 3.84. The Kier molecular flexibility index (Phi) is 2.77. The van der Waals surface area contributed by atoms with Crippen LogP contribution in [0.5, 0.6) is 0 Å². The molecule has 1 heterocycles. The van der Waals surface area contributed by atoms with Crippen LogP contribution in [0, 0.1) is 0 Å². The summed E-state index contributed by atoms with van der Waals surface area (Å²) in [6.45, 7) is 0. The van der Waals surface area contributed by atoms with Crippen molar-refractivity contribution in [3.05, 3.63) is 22.4 Å². The SMILES string of the molecule is Cn1ccc(Br)c1C1CCCCC1. The molecule has 0 aromatic carbocycles. The lowest BCUT2D eigenvalue weighted by Crippen LogP contribution is -2.08. The van der Waals surface area contributed by atoms with Gasteiger partial charge in [0.25, 0.3) is 0 Å². The molecule has 0 N–H and O–H groups in total. The summed E-state index contributed by atoms with van der Waals surface area (Å²) < 4.78 is 3.56. The van der Waals surface area contributed by atoms with E-state index in [0.29, 0.717) is 0 Å². The van der Waals surface area contributed by atoms with Gasteiger partial charge >= 0.3 is 0 Å². The molecule has 1 fully saturated rings. The highest BCUT2D eigenvalue weighted by molar-refractivity contribution is 9.10. The van der Waals surface area contributed by atoms with E-state index in [9.17, 15) is 0 Å². The molecule has 1 aliphatic rings. The Morgan fingerprint density at radius 3 is 2.54 bits per heavy atom. The number of nitrogens with zero attached hydrogens (tertiary/aromatic N) is 1. The van der Waals surface area contributed by atoms with Crippen LogP contribution >= 0.6 is 15.9 Å². The van der Waals surface area contributed by atoms with Crippen LogP contribution in [0.15, 0.2) is 16.7 Å². The Morgan fingerprint density at radius 2 is 2.00 bits per heavy atom. The highest BCUT2D eigenvalue weighted by Gasteiger charge is 2.19. The molecule has 0 aliphatic heterocycles. The second-order valence-electron chi connectivity index (χ2n) is 3.99. The second kappa shape index (κ2) is 3.87. The fraction of sp³-hybridized carbons (Fsp3) is 0.636. The molecule has 0 amide bonds. The van der Waals surface area contributed by atoms with Crippen molar-refractivity contribution >= 4 is 15.9 Å². The Bertz CT molecular complexity index is 265. The summed E-state index contributed by atoms with van der Waals surface area (Å²) in [5.41, 5.74) is 1.50. The Balaban J connectivity index is 2.22. The molecule has 1 aromatic rings. The number of hydrogen-bond donors (Lipinski definition) is 0. The van der Waals surface area contributed by atoms with E-state index in [-0.39, 0.29) is 0 Å². The zero-order chi connectivity index (χ0) is 9.26. The molecule has 0 bridgehead atoms. The lowest BCUT2D eigenvalue weighted by atomic mass is 9.87. The summed E-state index contributed by atoms with van der Waals surface area (Å²) in [6, 6.07) is 2.16. The predicted molar refractivity (Wildman–Crippen MR) is 58.9 cm³/mol. The van der Waals surface area contributed by atoms with Crippen LogP contribution in [0.4, 0.5) is 0 Å². The monoisotopic (exact) mass is 241 g/mol. The van der Waals surface area contributed by atoms with Crippen LogP contribution in [0.1, 0.15) is 43.7 Å². The van der Waals surface area contributed by atoms with Crippen LogP contribution < -0.4 is 0 Å². The van der Waals surface area contributed by atoms with E-state index in [0.717, 1.165) is 5.92 Å². The average molecular weight is 242 g/mol. The molecule has 1 saturated carbocycles. The van der Waals surface area contributed by atoms with Gasteiger partial charge < -0.3 is 4.57 Å². The minimum absolute atomic E-state index is 0.795. The van der Waals surface area contributed by atoms with Crippen LogP contribution in [0.2, 0.25) is 0 Å². The number of halogens is 1. The van der Waals surface area contributed by atoms with E-state index < -0.39 is 0 Å². The Hall–Kier alpha value is -0.240. The first kappa shape index (κ1) is 9.32. The van der Waals surface area contributed by atoms with Crippen molar-refractivity contribution in [2.45, 2.75) is 38.0 Å². The van der Waals surface area contributed by atoms with Crippen molar-refractivity contribution in [1.29, 1.82) is 0 Å². The Labute approximate surface area is 88.3 Å². The quantitative estimate of drug-likeness (QED) is 0.705. The largest absolute Gasteiger partial charge is 0.353 e. The Morgan fingerprint density at radius 1 is 1.31 bits per heavy atom. The van der Waals surface area contributed by atoms with Crippen molar-refractivity contribution in [2.24, 2.45) is 7.05 Å². The van der Waals surface area contributed by atoms with Crippen molar-refractivity contribution in [2.75, 3.05) is 0 Å². The van der Waals surface area contributed by atoms with E-state index in [1.807, 2.05) is 0 Å². The lowest BCUT2D eigenvalue weighted by Gasteiger charge is -2.22. The molecule has 2 rings (SSSR count). The van der Waals surface area contributed by atoms with Crippen LogP contribution in [-0.2, 0) is 7.05 Å². The van der Waals surface area contributed by atoms with Gasteiger partial charge in [-0.25, -0.2) is 0 Å². The molecule has 1 aliphatic carbocycles. The molecule has 0 saturated heterocycles. The van der Waals surface area contributed by atoms with E-state index in [1.165, 1.54) is 42.3 Å². The minimum Gasteiger partial charge on any atom is -0.353 e. The van der Waals surface area contributed by atoms with Gasteiger partial charge in [0.15, 0.2) is 0 Å². The van der Waals surface area contributed by atoms with E-state index >= 15 is 0 Å². The highest BCUT2D eigenvalue weighted by atomic mass is 79.9. The molecule has 2 heteroatoms. The number of aromatic nitrogens is 1. The van der Waals surface area contributed by atoms with E-state index in [4.69, 9.17) is 0 Å². The molecule has 0 atom stereocenters. The summed E-state index contributed by atoms with van der Waals surface area (Å²) in [5, 5.41) is 0. The number of rotatable bonds is 1. The van der Waals surface area contributed by atoms with Gasteiger partial charge in [0.05, 0.1) is 0 Å². The van der Waals surface area contributed by atoms with Gasteiger partial charge in [0.2, 0.25) is 0 Å². The van der Waals surface area contributed by atoms with Crippen molar-refractivity contribution in [1.82, 2.24) is 4.57 Å². The van der Waals surface area contributed by atoms with Gasteiger partial charge in [-0.2, -0.15) is 0 Å². The third-order valence-electron chi connectivity index (χ3n) is 3.06. The van der Waals surface area contributed by atoms with E-state index in [2.05, 4.69) is 39.8 Å². The van der Waals surface area contributed by atoms with Crippen molar-refractivity contribution in [3.8, 4) is 0 Å². The summed E-state index contributed by atoms with van der Waals surface area (Å²) in [6.07, 6.45) is 9.13. The van der Waals surface area contributed by atoms with Crippen LogP contribution in [-0.4, -0.2) is 4.57 Å². The number of aryl methyl sites for hydroxylation is 1. The van der Waals surface area contributed by atoms with Crippen molar-refractivity contribution in [3.63, 3.8) is 0 Å². The van der Waals surface area contributed by atoms with Crippen LogP contribution in [0.25, 0.3) is 0 Å². The van der Waals surface area contributed by atoms with Gasteiger partial charge in [-0.1, -0.05) is 19.3 Å². The highest BCUT2D eigenvalue weighted by Crippen LogP contribution is 2.36. The van der Waals surface area contributed by atoms with Gasteiger partial charge in [0.1, 0.15) is 0 Å². The first-order chi connectivity index (χ1) is 6.29. The maximum atomic E-state index is 3.63. The molecule has 0 spiro atoms. The number of hydrogen-bond acceptors (Lipinski definition) is 0. The topological polar surface area (TPSA) is 4.93 Å². The molecule has 1 nitrogen and oxygen atoms in total. The molecule has 13 heavy (non-hydrogen) atoms. The van der Waals surface area contributed by atoms with Crippen LogP contribution in [0.3, 0.4) is 0 Å². The molecule has 72 valence electrons. The summed E-state index contributed by atoms with van der Waals surface area (Å²) >= 11 is 3.63. The summed E-state index contributed by atoms with van der Waals surface area (Å²) in [5.74, 6) is 0.795. The molecule has 1 aromatic heterocycles. The van der Waals surface area contributed by atoms with Gasteiger partial charge in [-0.3, -0.25) is 0 Å². The third-order valence-corrected chi connectivity index (χ3v) is 3.73. The molecule has 0 radical (unpaired) electrons.